The van der Waals surface area contributed by atoms with E-state index in [1.807, 2.05) is 46.6 Å². The van der Waals surface area contributed by atoms with Crippen LogP contribution in [0.15, 0.2) is 0 Å². The Kier molecular flexibility index (Phi) is 5.34. The molecule has 114 valence electrons. The van der Waals surface area contributed by atoms with Crippen molar-refractivity contribution in [1.82, 2.24) is 9.97 Å². The molecule has 0 amide bonds. The first-order valence-electron chi connectivity index (χ1n) is 7.30. The van der Waals surface area contributed by atoms with Crippen LogP contribution in [0.3, 0.4) is 0 Å². The quantitative estimate of drug-likeness (QED) is 0.918. The third-order valence-electron chi connectivity index (χ3n) is 3.12. The Bertz CT molecular complexity index is 454. The van der Waals surface area contributed by atoms with Crippen molar-refractivity contribution >= 4 is 11.6 Å². The molecule has 5 heteroatoms. The van der Waals surface area contributed by atoms with Crippen molar-refractivity contribution in [2.75, 3.05) is 37.0 Å². The maximum atomic E-state index is 9.92. The van der Waals surface area contributed by atoms with E-state index in [2.05, 4.69) is 21.9 Å². The largest absolute Gasteiger partial charge is 0.389 e. The molecule has 0 saturated carbocycles. The summed E-state index contributed by atoms with van der Waals surface area (Å²) in [6.07, 6.45) is 0.970. The number of hydrogen-bond donors (Lipinski definition) is 1. The van der Waals surface area contributed by atoms with Crippen LogP contribution in [-0.4, -0.2) is 47.9 Å². The smallest absolute Gasteiger partial charge is 0.137 e. The summed E-state index contributed by atoms with van der Waals surface area (Å²) >= 11 is 0. The van der Waals surface area contributed by atoms with Gasteiger partial charge in [-0.2, -0.15) is 0 Å². The second-order valence-electron chi connectivity index (χ2n) is 5.74. The van der Waals surface area contributed by atoms with Crippen LogP contribution in [0.4, 0.5) is 11.6 Å². The van der Waals surface area contributed by atoms with Crippen molar-refractivity contribution in [3.63, 3.8) is 0 Å². The maximum Gasteiger partial charge on any atom is 0.137 e. The third kappa shape index (κ3) is 3.82. The van der Waals surface area contributed by atoms with Gasteiger partial charge in [-0.1, -0.05) is 13.8 Å². The van der Waals surface area contributed by atoms with Gasteiger partial charge in [0, 0.05) is 32.7 Å². The predicted molar refractivity (Wildman–Crippen MR) is 84.7 cm³/mol. The monoisotopic (exact) mass is 280 g/mol. The topological polar surface area (TPSA) is 52.5 Å². The fraction of sp³-hybridized carbons (Fsp3) is 0.733. The molecule has 0 saturated heterocycles. The molecule has 1 aliphatic rings. The van der Waals surface area contributed by atoms with E-state index in [1.54, 1.807) is 0 Å². The molecule has 0 spiro atoms. The molecule has 20 heavy (non-hydrogen) atoms. The number of hydrogen-bond acceptors (Lipinski definition) is 5. The van der Waals surface area contributed by atoms with Crippen molar-refractivity contribution in [2.24, 2.45) is 0 Å². The molecule has 2 rings (SSSR count). The number of aromatic nitrogens is 2. The van der Waals surface area contributed by atoms with Gasteiger partial charge in [-0.05, 0) is 27.2 Å². The van der Waals surface area contributed by atoms with Gasteiger partial charge >= 0.3 is 0 Å². The summed E-state index contributed by atoms with van der Waals surface area (Å²) in [6.45, 7) is 11.1. The molecule has 1 aromatic heterocycles. The average Bonchev–Trinajstić information content (AvgIpc) is 2.71. The van der Waals surface area contributed by atoms with Crippen LogP contribution < -0.4 is 9.80 Å². The number of rotatable bonds is 3. The van der Waals surface area contributed by atoms with E-state index in [1.165, 1.54) is 5.56 Å². The zero-order valence-corrected chi connectivity index (χ0v) is 13.9. The van der Waals surface area contributed by atoms with Gasteiger partial charge in [-0.15, -0.1) is 0 Å². The van der Waals surface area contributed by atoms with Gasteiger partial charge < -0.3 is 14.9 Å². The first kappa shape index (κ1) is 16.7. The molecule has 0 atom stereocenters. The molecule has 0 fully saturated rings. The first-order valence-corrected chi connectivity index (χ1v) is 7.30. The van der Waals surface area contributed by atoms with Gasteiger partial charge in [0.2, 0.25) is 0 Å². The molecule has 0 aromatic carbocycles. The molecule has 0 radical (unpaired) electrons. The normalized spacial score (nSPS) is 13.7. The lowest BCUT2D eigenvalue weighted by atomic mass is 10.1. The minimum absolute atomic E-state index is 0.555. The molecule has 1 aromatic rings. The first-order chi connectivity index (χ1) is 9.28. The van der Waals surface area contributed by atoms with E-state index in [4.69, 9.17) is 0 Å². The summed E-state index contributed by atoms with van der Waals surface area (Å²) in [6, 6.07) is 0. The molecule has 0 unspecified atom stereocenters. The number of fused-ring (bicyclic) bond motifs is 1. The van der Waals surface area contributed by atoms with Crippen LogP contribution >= 0.6 is 0 Å². The SMILES string of the molecule is CC.Cc1nc2c(c(N(C)CC(C)(C)O)n1)CCN2C. The summed E-state index contributed by atoms with van der Waals surface area (Å²) in [7, 11) is 4.02. The van der Waals surface area contributed by atoms with Gasteiger partial charge in [0.1, 0.15) is 17.5 Å². The summed E-state index contributed by atoms with van der Waals surface area (Å²) in [5.74, 6) is 2.75. The van der Waals surface area contributed by atoms with Crippen LogP contribution in [0.2, 0.25) is 0 Å². The second kappa shape index (κ2) is 6.39. The Morgan fingerprint density at radius 2 is 1.90 bits per heavy atom. The fourth-order valence-corrected chi connectivity index (χ4v) is 2.46. The second-order valence-corrected chi connectivity index (χ2v) is 5.74. The zero-order chi connectivity index (χ0) is 15.5. The van der Waals surface area contributed by atoms with Crippen molar-refractivity contribution in [2.45, 2.75) is 46.6 Å². The standard InChI is InChI=1S/C13H22N4O.C2H6/c1-9-14-11-10(6-7-16(11)4)12(15-9)17(5)8-13(2,3)18;1-2/h18H,6-8H2,1-5H3;1-2H3. The highest BCUT2D eigenvalue weighted by atomic mass is 16.3. The number of aliphatic hydroxyl groups is 1. The molecule has 2 heterocycles. The molecule has 0 bridgehead atoms. The Morgan fingerprint density at radius 1 is 1.30 bits per heavy atom. The summed E-state index contributed by atoms with van der Waals surface area (Å²) < 4.78 is 0. The lowest BCUT2D eigenvalue weighted by molar-refractivity contribution is 0.0884. The van der Waals surface area contributed by atoms with Gasteiger partial charge in [-0.3, -0.25) is 0 Å². The van der Waals surface area contributed by atoms with Crippen LogP contribution in [0.5, 0.6) is 0 Å². The Hall–Kier alpha value is -1.36. The van der Waals surface area contributed by atoms with Crippen LogP contribution in [-0.2, 0) is 6.42 Å². The Morgan fingerprint density at radius 3 is 2.45 bits per heavy atom. The molecule has 1 aliphatic heterocycles. The number of aryl methyl sites for hydroxylation is 1. The number of nitrogens with zero attached hydrogens (tertiary/aromatic N) is 4. The van der Waals surface area contributed by atoms with Crippen LogP contribution in [0.1, 0.15) is 39.1 Å². The number of likely N-dealkylation sites (N-methyl/N-ethyl adjacent to an activating group) is 2. The van der Waals surface area contributed by atoms with E-state index in [0.717, 1.165) is 30.4 Å². The maximum absolute atomic E-state index is 9.92. The van der Waals surface area contributed by atoms with Gasteiger partial charge in [0.25, 0.3) is 0 Å². The average molecular weight is 280 g/mol. The minimum Gasteiger partial charge on any atom is -0.389 e. The summed E-state index contributed by atoms with van der Waals surface area (Å²) in [5.41, 5.74) is 0.459. The van der Waals surface area contributed by atoms with Gasteiger partial charge in [0.15, 0.2) is 0 Å². The number of anilines is 2. The molecular formula is C15H28N4O. The molecule has 0 aliphatic carbocycles. The fourth-order valence-electron chi connectivity index (χ4n) is 2.46. The Labute approximate surface area is 122 Å². The van der Waals surface area contributed by atoms with Crippen molar-refractivity contribution in [1.29, 1.82) is 0 Å². The van der Waals surface area contributed by atoms with E-state index < -0.39 is 5.60 Å². The predicted octanol–water partition coefficient (Wildman–Crippen LogP) is 2.01. The minimum atomic E-state index is -0.731. The third-order valence-corrected chi connectivity index (χ3v) is 3.12. The molecular weight excluding hydrogens is 252 g/mol. The lowest BCUT2D eigenvalue weighted by Gasteiger charge is -2.28. The van der Waals surface area contributed by atoms with Gasteiger partial charge in [-0.25, -0.2) is 9.97 Å². The van der Waals surface area contributed by atoms with Crippen molar-refractivity contribution < 1.29 is 5.11 Å². The van der Waals surface area contributed by atoms with E-state index >= 15 is 0 Å². The van der Waals surface area contributed by atoms with Crippen LogP contribution in [0, 0.1) is 6.92 Å². The van der Waals surface area contributed by atoms with E-state index in [9.17, 15) is 5.11 Å². The van der Waals surface area contributed by atoms with E-state index in [-0.39, 0.29) is 0 Å². The summed E-state index contributed by atoms with van der Waals surface area (Å²) in [5, 5.41) is 9.92. The zero-order valence-electron chi connectivity index (χ0n) is 13.9. The highest BCUT2D eigenvalue weighted by Gasteiger charge is 2.26. The summed E-state index contributed by atoms with van der Waals surface area (Å²) in [4.78, 5) is 13.2. The highest BCUT2D eigenvalue weighted by Crippen LogP contribution is 2.31. The molecule has 1 N–H and O–H groups in total. The van der Waals surface area contributed by atoms with E-state index in [0.29, 0.717) is 6.54 Å². The van der Waals surface area contributed by atoms with Gasteiger partial charge in [0.05, 0.1) is 5.60 Å². The highest BCUT2D eigenvalue weighted by molar-refractivity contribution is 5.63. The van der Waals surface area contributed by atoms with Crippen LogP contribution in [0.25, 0.3) is 0 Å². The molecule has 5 nitrogen and oxygen atoms in total. The lowest BCUT2D eigenvalue weighted by Crippen LogP contribution is -2.37. The Balaban J connectivity index is 0.000000956. The van der Waals surface area contributed by atoms with Crippen molar-refractivity contribution in [3.8, 4) is 0 Å². The van der Waals surface area contributed by atoms with Crippen molar-refractivity contribution in [3.05, 3.63) is 11.4 Å².